The molecule has 1 aromatic carbocycles. The minimum absolute atomic E-state index is 0.371. The van der Waals surface area contributed by atoms with Crippen LogP contribution in [-0.4, -0.2) is 11.5 Å². The first kappa shape index (κ1) is 12.3. The third-order valence-electron chi connectivity index (χ3n) is 2.31. The first-order valence-electron chi connectivity index (χ1n) is 5.38. The number of hydrogen-bond acceptors (Lipinski definition) is 2. The van der Waals surface area contributed by atoms with E-state index in [0.717, 1.165) is 18.6 Å². The second-order valence-corrected chi connectivity index (χ2v) is 4.69. The standard InChI is InChI=1S/C13H18OS/c1-3-6-13(14)10-15-9-12-8-5-4-7-11(12)2/h4-5,7-8H,3,6,9-10H2,1-2H3. The van der Waals surface area contributed by atoms with Crippen molar-refractivity contribution in [1.29, 1.82) is 0 Å². The van der Waals surface area contributed by atoms with E-state index in [1.54, 1.807) is 11.8 Å². The van der Waals surface area contributed by atoms with E-state index in [9.17, 15) is 4.79 Å². The first-order chi connectivity index (χ1) is 7.24. The monoisotopic (exact) mass is 222 g/mol. The normalized spacial score (nSPS) is 10.3. The highest BCUT2D eigenvalue weighted by Crippen LogP contribution is 2.16. The van der Waals surface area contributed by atoms with Gasteiger partial charge in [0.25, 0.3) is 0 Å². The average Bonchev–Trinajstić information content (AvgIpc) is 2.21. The summed E-state index contributed by atoms with van der Waals surface area (Å²) < 4.78 is 0. The largest absolute Gasteiger partial charge is 0.299 e. The number of carbonyl (C=O) groups is 1. The highest BCUT2D eigenvalue weighted by atomic mass is 32.2. The van der Waals surface area contributed by atoms with Gasteiger partial charge >= 0.3 is 0 Å². The highest BCUT2D eigenvalue weighted by molar-refractivity contribution is 7.99. The summed E-state index contributed by atoms with van der Waals surface area (Å²) >= 11 is 1.72. The van der Waals surface area contributed by atoms with Gasteiger partial charge in [0.1, 0.15) is 5.78 Å². The molecule has 0 bridgehead atoms. The molecule has 0 aromatic heterocycles. The second kappa shape index (κ2) is 6.67. The molecule has 0 amide bonds. The van der Waals surface area contributed by atoms with Crippen LogP contribution in [-0.2, 0) is 10.5 Å². The van der Waals surface area contributed by atoms with E-state index in [1.807, 2.05) is 13.0 Å². The Balaban J connectivity index is 2.32. The number of ketones is 1. The lowest BCUT2D eigenvalue weighted by Gasteiger charge is -2.04. The minimum Gasteiger partial charge on any atom is -0.299 e. The Hall–Kier alpha value is -0.760. The molecule has 0 aliphatic rings. The fourth-order valence-electron chi connectivity index (χ4n) is 1.40. The molecule has 0 saturated heterocycles. The molecule has 0 N–H and O–H groups in total. The summed E-state index contributed by atoms with van der Waals surface area (Å²) in [6, 6.07) is 8.35. The second-order valence-electron chi connectivity index (χ2n) is 3.71. The first-order valence-corrected chi connectivity index (χ1v) is 6.53. The maximum atomic E-state index is 11.3. The minimum atomic E-state index is 0.371. The van der Waals surface area contributed by atoms with Crippen LogP contribution >= 0.6 is 11.8 Å². The Labute approximate surface area is 96.3 Å². The lowest BCUT2D eigenvalue weighted by atomic mass is 10.1. The quantitative estimate of drug-likeness (QED) is 0.731. The van der Waals surface area contributed by atoms with Crippen LogP contribution in [0.15, 0.2) is 24.3 Å². The topological polar surface area (TPSA) is 17.1 Å². The third kappa shape index (κ3) is 4.52. The van der Waals surface area contributed by atoms with Crippen molar-refractivity contribution in [3.63, 3.8) is 0 Å². The van der Waals surface area contributed by atoms with Crippen molar-refractivity contribution in [3.8, 4) is 0 Å². The van der Waals surface area contributed by atoms with Crippen LogP contribution in [0.1, 0.15) is 30.9 Å². The number of benzene rings is 1. The molecule has 2 heteroatoms. The van der Waals surface area contributed by atoms with Crippen molar-refractivity contribution < 1.29 is 4.79 Å². The fourth-order valence-corrected chi connectivity index (χ4v) is 2.42. The molecule has 0 saturated carbocycles. The van der Waals surface area contributed by atoms with Crippen LogP contribution in [0.25, 0.3) is 0 Å². The Bertz CT molecular complexity index is 320. The predicted molar refractivity (Wildman–Crippen MR) is 67.3 cm³/mol. The van der Waals surface area contributed by atoms with Gasteiger partial charge in [-0.25, -0.2) is 0 Å². The SMILES string of the molecule is CCCC(=O)CSCc1ccccc1C. The number of carbonyl (C=O) groups excluding carboxylic acids is 1. The average molecular weight is 222 g/mol. The summed E-state index contributed by atoms with van der Waals surface area (Å²) in [5, 5.41) is 0. The predicted octanol–water partition coefficient (Wildman–Crippen LogP) is 3.60. The van der Waals surface area contributed by atoms with Crippen molar-refractivity contribution in [2.75, 3.05) is 5.75 Å². The third-order valence-corrected chi connectivity index (χ3v) is 3.35. The van der Waals surface area contributed by atoms with Crippen LogP contribution in [0.4, 0.5) is 0 Å². The van der Waals surface area contributed by atoms with Crippen LogP contribution in [0.2, 0.25) is 0 Å². The van der Waals surface area contributed by atoms with Crippen molar-refractivity contribution in [1.82, 2.24) is 0 Å². The molecule has 0 fully saturated rings. The number of aryl methyl sites for hydroxylation is 1. The Morgan fingerprint density at radius 3 is 2.73 bits per heavy atom. The van der Waals surface area contributed by atoms with Crippen LogP contribution in [0.5, 0.6) is 0 Å². The zero-order valence-electron chi connectivity index (χ0n) is 9.45. The molecular weight excluding hydrogens is 204 g/mol. The van der Waals surface area contributed by atoms with Gasteiger partial charge < -0.3 is 0 Å². The van der Waals surface area contributed by atoms with Crippen molar-refractivity contribution in [3.05, 3.63) is 35.4 Å². The van der Waals surface area contributed by atoms with E-state index in [1.165, 1.54) is 11.1 Å². The van der Waals surface area contributed by atoms with Gasteiger partial charge in [-0.2, -0.15) is 0 Å². The van der Waals surface area contributed by atoms with Gasteiger partial charge in [-0.15, -0.1) is 11.8 Å². The van der Waals surface area contributed by atoms with Gasteiger partial charge in [-0.3, -0.25) is 4.79 Å². The summed E-state index contributed by atoms with van der Waals surface area (Å²) in [6.07, 6.45) is 1.69. The van der Waals surface area contributed by atoms with Gasteiger partial charge in [0.2, 0.25) is 0 Å². The van der Waals surface area contributed by atoms with Gasteiger partial charge in [-0.1, -0.05) is 31.2 Å². The van der Waals surface area contributed by atoms with Gasteiger partial charge in [0, 0.05) is 12.2 Å². The molecule has 15 heavy (non-hydrogen) atoms. The van der Waals surface area contributed by atoms with E-state index >= 15 is 0 Å². The van der Waals surface area contributed by atoms with Gasteiger partial charge in [0.05, 0.1) is 5.75 Å². The molecule has 0 spiro atoms. The summed E-state index contributed by atoms with van der Waals surface area (Å²) in [6.45, 7) is 4.16. The maximum absolute atomic E-state index is 11.3. The molecule has 0 atom stereocenters. The van der Waals surface area contributed by atoms with Crippen molar-refractivity contribution >= 4 is 17.5 Å². The van der Waals surface area contributed by atoms with Gasteiger partial charge in [-0.05, 0) is 24.5 Å². The zero-order chi connectivity index (χ0) is 11.1. The van der Waals surface area contributed by atoms with Crippen LogP contribution in [0, 0.1) is 6.92 Å². The molecular formula is C13H18OS. The molecule has 0 unspecified atom stereocenters. The number of rotatable bonds is 6. The zero-order valence-corrected chi connectivity index (χ0v) is 10.3. The number of Topliss-reactive ketones (excluding diaryl/α,β-unsaturated/α-hetero) is 1. The van der Waals surface area contributed by atoms with E-state index in [-0.39, 0.29) is 0 Å². The van der Waals surface area contributed by atoms with E-state index in [0.29, 0.717) is 11.5 Å². The molecule has 0 aliphatic heterocycles. The van der Waals surface area contributed by atoms with E-state index in [2.05, 4.69) is 25.1 Å². The number of thioether (sulfide) groups is 1. The summed E-state index contributed by atoms with van der Waals surface area (Å²) in [5.74, 6) is 1.97. The smallest absolute Gasteiger partial charge is 0.142 e. The molecule has 0 heterocycles. The lowest BCUT2D eigenvalue weighted by Crippen LogP contribution is -2.00. The van der Waals surface area contributed by atoms with Gasteiger partial charge in [0.15, 0.2) is 0 Å². The Morgan fingerprint density at radius 1 is 1.33 bits per heavy atom. The summed E-state index contributed by atoms with van der Waals surface area (Å²) in [4.78, 5) is 11.3. The lowest BCUT2D eigenvalue weighted by molar-refractivity contribution is -0.116. The molecule has 82 valence electrons. The van der Waals surface area contributed by atoms with Crippen LogP contribution < -0.4 is 0 Å². The molecule has 0 aliphatic carbocycles. The Morgan fingerprint density at radius 2 is 2.07 bits per heavy atom. The molecule has 1 nitrogen and oxygen atoms in total. The number of hydrogen-bond donors (Lipinski definition) is 0. The highest BCUT2D eigenvalue weighted by Gasteiger charge is 2.02. The molecule has 1 rings (SSSR count). The van der Waals surface area contributed by atoms with Crippen LogP contribution in [0.3, 0.4) is 0 Å². The molecule has 0 radical (unpaired) electrons. The van der Waals surface area contributed by atoms with Crippen molar-refractivity contribution in [2.24, 2.45) is 0 Å². The Kier molecular flexibility index (Phi) is 5.48. The summed E-state index contributed by atoms with van der Waals surface area (Å²) in [7, 11) is 0. The van der Waals surface area contributed by atoms with E-state index in [4.69, 9.17) is 0 Å². The maximum Gasteiger partial charge on any atom is 0.142 e. The molecule has 1 aromatic rings. The summed E-state index contributed by atoms with van der Waals surface area (Å²) in [5.41, 5.74) is 2.65. The van der Waals surface area contributed by atoms with Crippen molar-refractivity contribution in [2.45, 2.75) is 32.4 Å². The van der Waals surface area contributed by atoms with E-state index < -0.39 is 0 Å². The fraction of sp³-hybridized carbons (Fsp3) is 0.462.